The Balaban J connectivity index is 1.61. The summed E-state index contributed by atoms with van der Waals surface area (Å²) >= 11 is 1.02. The van der Waals surface area contributed by atoms with Crippen LogP contribution < -0.4 is 10.6 Å². The topological polar surface area (TPSA) is 87.2 Å². The van der Waals surface area contributed by atoms with Crippen LogP contribution in [-0.4, -0.2) is 39.0 Å². The van der Waals surface area contributed by atoms with Gasteiger partial charge in [-0.05, 0) is 18.9 Å². The molecular formula is C15H15F2N5O2S. The molecule has 0 saturated carbocycles. The highest BCUT2D eigenvalue weighted by atomic mass is 32.1. The first kappa shape index (κ1) is 17.2. The van der Waals surface area contributed by atoms with Crippen LogP contribution >= 0.6 is 11.5 Å². The maximum absolute atomic E-state index is 13.8. The van der Waals surface area contributed by atoms with Gasteiger partial charge in [0.15, 0.2) is 0 Å². The van der Waals surface area contributed by atoms with Gasteiger partial charge in [0.05, 0.1) is 6.20 Å². The number of hydrogen-bond donors (Lipinski definition) is 2. The van der Waals surface area contributed by atoms with E-state index in [2.05, 4.69) is 20.2 Å². The molecule has 1 aliphatic heterocycles. The van der Waals surface area contributed by atoms with Gasteiger partial charge in [0.1, 0.15) is 22.7 Å². The van der Waals surface area contributed by atoms with E-state index in [-0.39, 0.29) is 18.0 Å². The lowest BCUT2D eigenvalue weighted by Crippen LogP contribution is -2.52. The molecule has 1 saturated heterocycles. The lowest BCUT2D eigenvalue weighted by Gasteiger charge is -2.32. The number of rotatable bonds is 4. The van der Waals surface area contributed by atoms with Crippen molar-refractivity contribution >= 4 is 28.5 Å². The number of piperidine rings is 1. The van der Waals surface area contributed by atoms with Crippen molar-refractivity contribution in [3.8, 4) is 0 Å². The summed E-state index contributed by atoms with van der Waals surface area (Å²) in [5, 5.41) is 9.21. The molecule has 3 amide bonds. The van der Waals surface area contributed by atoms with Crippen LogP contribution in [0.1, 0.15) is 18.4 Å². The molecule has 1 atom stereocenters. The van der Waals surface area contributed by atoms with Crippen LogP contribution in [0.15, 0.2) is 24.4 Å². The van der Waals surface area contributed by atoms with Crippen molar-refractivity contribution in [3.63, 3.8) is 0 Å². The molecule has 1 unspecified atom stereocenters. The average molecular weight is 367 g/mol. The van der Waals surface area contributed by atoms with Gasteiger partial charge >= 0.3 is 6.03 Å². The number of halogens is 2. The molecule has 3 rings (SSSR count). The first-order valence-electron chi connectivity index (χ1n) is 7.60. The molecule has 1 aliphatic rings. The summed E-state index contributed by atoms with van der Waals surface area (Å²) in [6, 6.07) is 2.03. The van der Waals surface area contributed by atoms with Crippen molar-refractivity contribution in [2.75, 3.05) is 11.9 Å². The number of nitrogens with zero attached hydrogens (tertiary/aromatic N) is 3. The molecule has 1 fully saturated rings. The average Bonchev–Trinajstić information content (AvgIpc) is 3.06. The number of anilines is 1. The van der Waals surface area contributed by atoms with E-state index < -0.39 is 23.7 Å². The molecule has 2 N–H and O–H groups in total. The number of carbonyl (C=O) groups excluding carboxylic acids is 2. The molecule has 0 aliphatic carbocycles. The van der Waals surface area contributed by atoms with E-state index in [1.165, 1.54) is 17.2 Å². The largest absolute Gasteiger partial charge is 0.336 e. The number of likely N-dealkylation sites (tertiary alicyclic amines) is 1. The van der Waals surface area contributed by atoms with Crippen molar-refractivity contribution in [2.45, 2.75) is 25.4 Å². The van der Waals surface area contributed by atoms with E-state index in [0.29, 0.717) is 24.4 Å². The zero-order valence-electron chi connectivity index (χ0n) is 13.0. The first-order valence-corrected chi connectivity index (χ1v) is 8.38. The highest BCUT2D eigenvalue weighted by Gasteiger charge is 2.30. The number of urea groups is 1. The molecule has 0 bridgehead atoms. The Morgan fingerprint density at radius 2 is 2.24 bits per heavy atom. The van der Waals surface area contributed by atoms with Gasteiger partial charge in [-0.15, -0.1) is 5.10 Å². The lowest BCUT2D eigenvalue weighted by atomic mass is 10.0. The Bertz CT molecular complexity index is 771. The SMILES string of the molecule is O=C(Nc1cnns1)NC1CCCN(Cc2ccc(F)cc2F)C1=O. The highest BCUT2D eigenvalue weighted by molar-refractivity contribution is 7.10. The normalized spacial score (nSPS) is 17.4. The van der Waals surface area contributed by atoms with Crippen LogP contribution in [0.3, 0.4) is 0 Å². The van der Waals surface area contributed by atoms with Crippen molar-refractivity contribution in [2.24, 2.45) is 0 Å². The van der Waals surface area contributed by atoms with E-state index >= 15 is 0 Å². The van der Waals surface area contributed by atoms with Crippen molar-refractivity contribution in [1.82, 2.24) is 19.8 Å². The fourth-order valence-corrected chi connectivity index (χ4v) is 3.03. The fourth-order valence-electron chi connectivity index (χ4n) is 2.62. The molecule has 7 nitrogen and oxygen atoms in total. The molecular weight excluding hydrogens is 352 g/mol. The Hall–Kier alpha value is -2.62. The highest BCUT2D eigenvalue weighted by Crippen LogP contribution is 2.18. The van der Waals surface area contributed by atoms with Gasteiger partial charge in [0, 0.05) is 36.3 Å². The van der Waals surface area contributed by atoms with Crippen LogP contribution in [0, 0.1) is 11.6 Å². The zero-order chi connectivity index (χ0) is 17.8. The summed E-state index contributed by atoms with van der Waals surface area (Å²) in [6.07, 6.45) is 2.56. The molecule has 132 valence electrons. The summed E-state index contributed by atoms with van der Waals surface area (Å²) < 4.78 is 30.4. The van der Waals surface area contributed by atoms with E-state index in [9.17, 15) is 18.4 Å². The first-order chi connectivity index (χ1) is 12.0. The third kappa shape index (κ3) is 4.27. The second-order valence-corrected chi connectivity index (χ2v) is 6.36. The van der Waals surface area contributed by atoms with E-state index in [0.717, 1.165) is 23.7 Å². The Labute approximate surface area is 146 Å². The number of aromatic nitrogens is 2. The molecule has 0 radical (unpaired) electrons. The predicted octanol–water partition coefficient (Wildman–Crippen LogP) is 2.13. The maximum Gasteiger partial charge on any atom is 0.320 e. The number of hydrogen-bond acceptors (Lipinski definition) is 5. The van der Waals surface area contributed by atoms with Crippen LogP contribution in [0.4, 0.5) is 18.6 Å². The monoisotopic (exact) mass is 367 g/mol. The zero-order valence-corrected chi connectivity index (χ0v) is 13.9. The van der Waals surface area contributed by atoms with Crippen molar-refractivity contribution in [3.05, 3.63) is 41.6 Å². The Kier molecular flexibility index (Phi) is 5.17. The minimum absolute atomic E-state index is 0.0313. The summed E-state index contributed by atoms with van der Waals surface area (Å²) in [5.74, 6) is -1.66. The van der Waals surface area contributed by atoms with Gasteiger partial charge in [-0.2, -0.15) is 0 Å². The van der Waals surface area contributed by atoms with Crippen molar-refractivity contribution < 1.29 is 18.4 Å². The molecule has 1 aromatic heterocycles. The molecule has 10 heteroatoms. The number of amides is 3. The molecule has 2 heterocycles. The Morgan fingerprint density at radius 1 is 1.40 bits per heavy atom. The Morgan fingerprint density at radius 3 is 2.96 bits per heavy atom. The van der Waals surface area contributed by atoms with Gasteiger partial charge in [-0.3, -0.25) is 10.1 Å². The van der Waals surface area contributed by atoms with Gasteiger partial charge in [0.25, 0.3) is 0 Å². The number of nitrogens with one attached hydrogen (secondary N) is 2. The minimum atomic E-state index is -0.696. The number of benzene rings is 1. The van der Waals surface area contributed by atoms with Crippen molar-refractivity contribution in [1.29, 1.82) is 0 Å². The van der Waals surface area contributed by atoms with E-state index in [1.807, 2.05) is 0 Å². The summed E-state index contributed by atoms with van der Waals surface area (Å²) in [7, 11) is 0. The molecule has 1 aromatic carbocycles. The summed E-state index contributed by atoms with van der Waals surface area (Å²) in [5.41, 5.74) is 0.232. The van der Waals surface area contributed by atoms with E-state index in [1.54, 1.807) is 0 Å². The fraction of sp³-hybridized carbons (Fsp3) is 0.333. The smallest absolute Gasteiger partial charge is 0.320 e. The lowest BCUT2D eigenvalue weighted by molar-refractivity contribution is -0.136. The maximum atomic E-state index is 13.8. The van der Waals surface area contributed by atoms with Crippen LogP contribution in [0.25, 0.3) is 0 Å². The number of carbonyl (C=O) groups is 2. The summed E-state index contributed by atoms with van der Waals surface area (Å²) in [6.45, 7) is 0.484. The predicted molar refractivity (Wildman–Crippen MR) is 86.9 cm³/mol. The van der Waals surface area contributed by atoms with Gasteiger partial charge < -0.3 is 10.2 Å². The van der Waals surface area contributed by atoms with E-state index in [4.69, 9.17) is 0 Å². The van der Waals surface area contributed by atoms with Gasteiger partial charge in [-0.25, -0.2) is 13.6 Å². The van der Waals surface area contributed by atoms with Crippen LogP contribution in [-0.2, 0) is 11.3 Å². The molecule has 25 heavy (non-hydrogen) atoms. The third-order valence-electron chi connectivity index (χ3n) is 3.81. The van der Waals surface area contributed by atoms with Crippen LogP contribution in [0.2, 0.25) is 0 Å². The van der Waals surface area contributed by atoms with Crippen LogP contribution in [0.5, 0.6) is 0 Å². The quantitative estimate of drug-likeness (QED) is 0.867. The summed E-state index contributed by atoms with van der Waals surface area (Å²) in [4.78, 5) is 25.9. The van der Waals surface area contributed by atoms with Gasteiger partial charge in [-0.1, -0.05) is 10.6 Å². The minimum Gasteiger partial charge on any atom is -0.336 e. The third-order valence-corrected chi connectivity index (χ3v) is 4.39. The second kappa shape index (κ2) is 7.51. The second-order valence-electron chi connectivity index (χ2n) is 5.57. The molecule has 0 spiro atoms. The standard InChI is InChI=1S/C15H15F2N5O2S/c16-10-4-3-9(11(17)6-10)8-22-5-1-2-12(14(22)23)19-15(24)20-13-7-18-21-25-13/h3-4,6-7,12H,1-2,5,8H2,(H2,19,20,24). The van der Waals surface area contributed by atoms with Gasteiger partial charge in [0.2, 0.25) is 5.91 Å². The molecule has 2 aromatic rings.